The van der Waals surface area contributed by atoms with Gasteiger partial charge in [0, 0.05) is 6.04 Å². The molecule has 1 N–H and O–H groups in total. The summed E-state index contributed by atoms with van der Waals surface area (Å²) in [6.45, 7) is 12.8. The lowest BCUT2D eigenvalue weighted by molar-refractivity contribution is -0.0599. The highest BCUT2D eigenvalue weighted by molar-refractivity contribution is 5.26. The van der Waals surface area contributed by atoms with Crippen molar-refractivity contribution in [1.29, 1.82) is 0 Å². The molecule has 3 fully saturated rings. The first-order valence-corrected chi connectivity index (χ1v) is 13.2. The summed E-state index contributed by atoms with van der Waals surface area (Å²) in [5.74, 6) is 5.78. The Kier molecular flexibility index (Phi) is 6.29. The minimum absolute atomic E-state index is 0.512. The summed E-state index contributed by atoms with van der Waals surface area (Å²) in [7, 11) is 2.14. The lowest BCUT2D eigenvalue weighted by Gasteiger charge is -2.59. The van der Waals surface area contributed by atoms with E-state index in [9.17, 15) is 0 Å². The van der Waals surface area contributed by atoms with E-state index in [0.29, 0.717) is 16.9 Å². The van der Waals surface area contributed by atoms with Crippen molar-refractivity contribution < 1.29 is 0 Å². The van der Waals surface area contributed by atoms with E-state index in [4.69, 9.17) is 0 Å². The van der Waals surface area contributed by atoms with E-state index in [1.807, 2.05) is 5.57 Å². The van der Waals surface area contributed by atoms with Gasteiger partial charge < -0.3 is 5.32 Å². The molecule has 1 nitrogen and oxygen atoms in total. The maximum atomic E-state index is 3.53. The smallest absolute Gasteiger partial charge is 0.0250 e. The Morgan fingerprint density at radius 1 is 0.966 bits per heavy atom. The number of likely N-dealkylation sites (N-methyl/N-ethyl adjacent to an activating group) is 1. The van der Waals surface area contributed by atoms with Gasteiger partial charge in [0.25, 0.3) is 0 Å². The predicted molar refractivity (Wildman–Crippen MR) is 126 cm³/mol. The zero-order valence-corrected chi connectivity index (χ0v) is 20.4. The molecule has 0 spiro atoms. The molecule has 0 saturated heterocycles. The fraction of sp³-hybridized carbons (Fsp3) is 0.929. The first kappa shape index (κ1) is 21.9. The number of hydrogen-bond donors (Lipinski definition) is 1. The largest absolute Gasteiger partial charge is 0.314 e. The zero-order chi connectivity index (χ0) is 20.8. The molecule has 0 amide bonds. The highest BCUT2D eigenvalue weighted by atomic mass is 14.9. The van der Waals surface area contributed by atoms with Crippen LogP contribution in [0.3, 0.4) is 0 Å². The highest BCUT2D eigenvalue weighted by Gasteiger charge is 2.59. The number of hydrogen-bond acceptors (Lipinski definition) is 1. The second-order valence-corrected chi connectivity index (χ2v) is 12.5. The maximum Gasteiger partial charge on any atom is 0.0250 e. The van der Waals surface area contributed by atoms with Crippen molar-refractivity contribution in [2.75, 3.05) is 7.05 Å². The van der Waals surface area contributed by atoms with Crippen molar-refractivity contribution >= 4 is 0 Å². The quantitative estimate of drug-likeness (QED) is 0.453. The van der Waals surface area contributed by atoms with E-state index in [2.05, 4.69) is 53.1 Å². The Morgan fingerprint density at radius 2 is 1.76 bits per heavy atom. The molecule has 4 unspecified atom stereocenters. The van der Waals surface area contributed by atoms with Gasteiger partial charge in [-0.1, -0.05) is 65.5 Å². The zero-order valence-electron chi connectivity index (χ0n) is 20.4. The van der Waals surface area contributed by atoms with E-state index < -0.39 is 0 Å². The molecule has 0 aromatic rings. The van der Waals surface area contributed by atoms with Crippen LogP contribution < -0.4 is 5.32 Å². The minimum Gasteiger partial charge on any atom is -0.314 e. The van der Waals surface area contributed by atoms with E-state index in [0.717, 1.165) is 35.5 Å². The fourth-order valence-corrected chi connectivity index (χ4v) is 8.98. The molecule has 0 aromatic heterocycles. The fourth-order valence-electron chi connectivity index (χ4n) is 8.98. The molecule has 29 heavy (non-hydrogen) atoms. The topological polar surface area (TPSA) is 12.0 Å². The highest BCUT2D eigenvalue weighted by Crippen LogP contribution is 2.67. The third-order valence-electron chi connectivity index (χ3n) is 10.7. The van der Waals surface area contributed by atoms with Crippen LogP contribution in [-0.2, 0) is 0 Å². The summed E-state index contributed by atoms with van der Waals surface area (Å²) >= 11 is 0. The van der Waals surface area contributed by atoms with Gasteiger partial charge in [-0.15, -0.1) is 0 Å². The second-order valence-electron chi connectivity index (χ2n) is 12.5. The molecule has 0 heterocycles. The number of allylic oxidation sites excluding steroid dienone is 1. The van der Waals surface area contributed by atoms with Gasteiger partial charge >= 0.3 is 0 Å². The van der Waals surface area contributed by atoms with Crippen molar-refractivity contribution in [2.24, 2.45) is 46.3 Å². The van der Waals surface area contributed by atoms with Gasteiger partial charge in [-0.05, 0) is 105 Å². The first-order valence-electron chi connectivity index (χ1n) is 13.2. The first-order chi connectivity index (χ1) is 13.8. The summed E-state index contributed by atoms with van der Waals surface area (Å²) in [6.07, 6.45) is 18.7. The Balaban J connectivity index is 1.48. The van der Waals surface area contributed by atoms with Crippen LogP contribution in [0.5, 0.6) is 0 Å². The number of nitrogens with one attached hydrogen (secondary N) is 1. The molecule has 4 aliphatic carbocycles. The summed E-state index contributed by atoms with van der Waals surface area (Å²) in [4.78, 5) is 0. The average molecular weight is 400 g/mol. The number of fused-ring (bicyclic) bond motifs is 5. The standard InChI is InChI=1S/C28H49N/c1-19(2)8-7-9-20(3)24-12-13-25-23-11-10-21-18-22(29-6)14-16-27(21,4)26(23)15-17-28(24,25)5/h18-20,22-26,29H,7-17H2,1-6H3/t20-,22+,23?,24?,25?,26?,27+,28-/m1/s1. The van der Waals surface area contributed by atoms with Crippen LogP contribution in [0, 0.1) is 46.3 Å². The van der Waals surface area contributed by atoms with Gasteiger partial charge in [0.2, 0.25) is 0 Å². The molecule has 4 rings (SSSR count). The van der Waals surface area contributed by atoms with Crippen LogP contribution >= 0.6 is 0 Å². The molecule has 0 aliphatic heterocycles. The third-order valence-corrected chi connectivity index (χ3v) is 10.7. The van der Waals surface area contributed by atoms with Crippen LogP contribution in [0.1, 0.15) is 105 Å². The van der Waals surface area contributed by atoms with Gasteiger partial charge in [-0.2, -0.15) is 0 Å². The van der Waals surface area contributed by atoms with Crippen LogP contribution in [0.2, 0.25) is 0 Å². The molecular formula is C28H49N. The molecule has 166 valence electrons. The SMILES string of the molecule is CN[C@@H]1C=C2CCC3C4CCC([C@H](C)CCCC(C)C)[C@@]4(C)CCC3[C@@]2(C)CC1. The van der Waals surface area contributed by atoms with Crippen LogP contribution in [-0.4, -0.2) is 13.1 Å². The molecular weight excluding hydrogens is 350 g/mol. The molecule has 0 bridgehead atoms. The van der Waals surface area contributed by atoms with Crippen molar-refractivity contribution in [2.45, 2.75) is 111 Å². The second kappa shape index (κ2) is 8.33. The monoisotopic (exact) mass is 399 g/mol. The molecule has 1 heteroatoms. The lowest BCUT2D eigenvalue weighted by atomic mass is 9.46. The molecule has 0 aromatic carbocycles. The number of rotatable bonds is 6. The van der Waals surface area contributed by atoms with E-state index in [1.54, 1.807) is 0 Å². The van der Waals surface area contributed by atoms with Crippen LogP contribution in [0.4, 0.5) is 0 Å². The van der Waals surface area contributed by atoms with Crippen molar-refractivity contribution in [1.82, 2.24) is 5.32 Å². The van der Waals surface area contributed by atoms with Crippen molar-refractivity contribution in [3.05, 3.63) is 11.6 Å². The maximum absolute atomic E-state index is 3.53. The van der Waals surface area contributed by atoms with Crippen LogP contribution in [0.15, 0.2) is 11.6 Å². The van der Waals surface area contributed by atoms with Crippen molar-refractivity contribution in [3.63, 3.8) is 0 Å². The average Bonchev–Trinajstić information content (AvgIpc) is 3.04. The van der Waals surface area contributed by atoms with Gasteiger partial charge in [0.05, 0.1) is 0 Å². The van der Waals surface area contributed by atoms with Gasteiger partial charge in [0.1, 0.15) is 0 Å². The summed E-state index contributed by atoms with van der Waals surface area (Å²) in [5.41, 5.74) is 2.97. The van der Waals surface area contributed by atoms with Gasteiger partial charge in [-0.25, -0.2) is 0 Å². The van der Waals surface area contributed by atoms with Crippen molar-refractivity contribution in [3.8, 4) is 0 Å². The molecule has 4 aliphatic rings. The van der Waals surface area contributed by atoms with E-state index in [1.165, 1.54) is 70.6 Å². The van der Waals surface area contributed by atoms with E-state index >= 15 is 0 Å². The van der Waals surface area contributed by atoms with Crippen LogP contribution in [0.25, 0.3) is 0 Å². The Morgan fingerprint density at radius 3 is 2.48 bits per heavy atom. The minimum atomic E-state index is 0.512. The van der Waals surface area contributed by atoms with E-state index in [-0.39, 0.29) is 0 Å². The molecule has 3 saturated carbocycles. The lowest BCUT2D eigenvalue weighted by Crippen LogP contribution is -2.51. The third kappa shape index (κ3) is 3.77. The van der Waals surface area contributed by atoms with Gasteiger partial charge in [0.15, 0.2) is 0 Å². The normalized spacial score (nSPS) is 45.3. The summed E-state index contributed by atoms with van der Waals surface area (Å²) in [6, 6.07) is 0.631. The molecule has 0 radical (unpaired) electrons. The Bertz CT molecular complexity index is 605. The summed E-state index contributed by atoms with van der Waals surface area (Å²) < 4.78 is 0. The Hall–Kier alpha value is -0.300. The van der Waals surface area contributed by atoms with Gasteiger partial charge in [-0.3, -0.25) is 0 Å². The predicted octanol–water partition coefficient (Wildman–Crippen LogP) is 7.62. The summed E-state index contributed by atoms with van der Waals surface area (Å²) in [5, 5.41) is 3.53. The molecule has 8 atom stereocenters. The Labute approximate surface area is 181 Å².